The van der Waals surface area contributed by atoms with Gasteiger partial charge in [0, 0.05) is 0 Å². The average molecular weight is 364 g/mol. The lowest BCUT2D eigenvalue weighted by molar-refractivity contribution is 1.11. The molecule has 131 valence electrons. The van der Waals surface area contributed by atoms with Crippen molar-refractivity contribution in [2.45, 2.75) is 12.5 Å². The van der Waals surface area contributed by atoms with Crippen molar-refractivity contribution in [1.82, 2.24) is 0 Å². The summed E-state index contributed by atoms with van der Waals surface area (Å²) in [6.45, 7) is 0. The van der Waals surface area contributed by atoms with E-state index in [0.29, 0.717) is 0 Å². The van der Waals surface area contributed by atoms with Crippen molar-refractivity contribution >= 4 is 23.6 Å². The molecule has 0 aliphatic rings. The van der Waals surface area contributed by atoms with Crippen LogP contribution in [0.5, 0.6) is 0 Å². The zero-order valence-corrected chi connectivity index (χ0v) is 16.4. The molecule has 0 aliphatic heterocycles. The van der Waals surface area contributed by atoms with Gasteiger partial charge in [-0.1, -0.05) is 115 Å². The van der Waals surface area contributed by atoms with Crippen LogP contribution in [-0.2, 0) is 6.42 Å². The minimum Gasteiger partial charge on any atom is -0.0624 e. The molecule has 0 aliphatic carbocycles. The van der Waals surface area contributed by atoms with Crippen LogP contribution in [0, 0.1) is 6.07 Å². The number of aryl methyl sites for hydroxylation is 1. The quantitative estimate of drug-likeness (QED) is 0.356. The molecule has 4 rings (SSSR count). The Morgan fingerprint density at radius 3 is 1.33 bits per heavy atom. The summed E-state index contributed by atoms with van der Waals surface area (Å²) in [5.74, 6) is 0. The van der Waals surface area contributed by atoms with Crippen molar-refractivity contribution in [1.29, 1.82) is 0 Å². The van der Waals surface area contributed by atoms with Crippen molar-refractivity contribution in [3.63, 3.8) is 0 Å². The fourth-order valence-electron chi connectivity index (χ4n) is 4.02. The maximum Gasteiger partial charge on any atom is 0.148 e. The highest BCUT2D eigenvalue weighted by atomic mass is 28.3. The minimum atomic E-state index is -2.12. The third-order valence-electron chi connectivity index (χ3n) is 5.38. The maximum absolute atomic E-state index is 3.14. The molecule has 0 spiro atoms. The van der Waals surface area contributed by atoms with Crippen LogP contribution >= 0.6 is 0 Å². The first kappa shape index (κ1) is 17.5. The largest absolute Gasteiger partial charge is 0.148 e. The lowest BCUT2D eigenvalue weighted by Gasteiger charge is -2.34. The Morgan fingerprint density at radius 2 is 0.926 bits per heavy atom. The Kier molecular flexibility index (Phi) is 5.31. The van der Waals surface area contributed by atoms with Gasteiger partial charge in [-0.05, 0) is 39.7 Å². The Morgan fingerprint density at radius 1 is 0.519 bits per heavy atom. The highest BCUT2D eigenvalue weighted by Crippen LogP contribution is 2.16. The van der Waals surface area contributed by atoms with Gasteiger partial charge in [0.05, 0.1) is 0 Å². The van der Waals surface area contributed by atoms with Gasteiger partial charge < -0.3 is 0 Å². The van der Waals surface area contributed by atoms with Crippen LogP contribution in [-0.4, -0.2) is 8.07 Å². The summed E-state index contributed by atoms with van der Waals surface area (Å²) in [5.41, 5.74) is 1.38. The van der Waals surface area contributed by atoms with Crippen LogP contribution in [0.4, 0.5) is 0 Å². The van der Waals surface area contributed by atoms with Gasteiger partial charge in [-0.3, -0.25) is 0 Å². The fourth-order valence-corrected chi connectivity index (χ4v) is 8.84. The van der Waals surface area contributed by atoms with Crippen LogP contribution in [0.3, 0.4) is 0 Å². The first-order chi connectivity index (χ1) is 13.4. The molecule has 1 radical (unpaired) electrons. The lowest BCUT2D eigenvalue weighted by Crippen LogP contribution is -2.67. The summed E-state index contributed by atoms with van der Waals surface area (Å²) in [6, 6.07) is 46.1. The van der Waals surface area contributed by atoms with Gasteiger partial charge in [0.15, 0.2) is 0 Å². The minimum absolute atomic E-state index is 1.07. The molecule has 0 nitrogen and oxygen atoms in total. The Labute approximate surface area is 163 Å². The molecule has 27 heavy (non-hydrogen) atoms. The lowest BCUT2D eigenvalue weighted by atomic mass is 10.2. The average Bonchev–Trinajstić information content (AvgIpc) is 2.77. The van der Waals surface area contributed by atoms with E-state index in [-0.39, 0.29) is 0 Å². The van der Waals surface area contributed by atoms with E-state index in [9.17, 15) is 0 Å². The van der Waals surface area contributed by atoms with Gasteiger partial charge in [0.25, 0.3) is 0 Å². The highest BCUT2D eigenvalue weighted by molar-refractivity contribution is 7.11. The molecule has 0 aromatic heterocycles. The van der Waals surface area contributed by atoms with E-state index >= 15 is 0 Å². The third-order valence-corrected chi connectivity index (χ3v) is 10.3. The Hall–Kier alpha value is -2.90. The molecule has 0 unspecified atom stereocenters. The molecule has 4 aromatic carbocycles. The van der Waals surface area contributed by atoms with Gasteiger partial charge >= 0.3 is 0 Å². The fraction of sp³-hybridized carbons (Fsp3) is 0.0769. The van der Waals surface area contributed by atoms with Crippen molar-refractivity contribution < 1.29 is 0 Å². The van der Waals surface area contributed by atoms with Gasteiger partial charge in [0.1, 0.15) is 8.07 Å². The summed E-state index contributed by atoms with van der Waals surface area (Å²) >= 11 is 0. The molecular formula is C26H23Si. The smallest absolute Gasteiger partial charge is 0.0624 e. The van der Waals surface area contributed by atoms with Crippen LogP contribution in [0.25, 0.3) is 0 Å². The first-order valence-electron chi connectivity index (χ1n) is 9.51. The second-order valence-corrected chi connectivity index (χ2v) is 11.0. The van der Waals surface area contributed by atoms with Crippen molar-refractivity contribution in [2.24, 2.45) is 0 Å². The molecule has 0 saturated heterocycles. The van der Waals surface area contributed by atoms with E-state index < -0.39 is 8.07 Å². The summed E-state index contributed by atoms with van der Waals surface area (Å²) in [7, 11) is -2.12. The predicted octanol–water partition coefficient (Wildman–Crippen LogP) is 4.20. The summed E-state index contributed by atoms with van der Waals surface area (Å²) in [4.78, 5) is 0. The van der Waals surface area contributed by atoms with Crippen molar-refractivity contribution in [2.75, 3.05) is 0 Å². The van der Waals surface area contributed by atoms with E-state index in [1.54, 1.807) is 0 Å². The molecule has 4 aromatic rings. The topological polar surface area (TPSA) is 0 Å². The zero-order chi connectivity index (χ0) is 18.4. The van der Waals surface area contributed by atoms with Gasteiger partial charge in [-0.15, -0.1) is 0 Å². The molecule has 0 bridgehead atoms. The van der Waals surface area contributed by atoms with E-state index in [1.165, 1.54) is 21.1 Å². The Balaban J connectivity index is 1.89. The number of rotatable bonds is 6. The molecule has 1 heteroatoms. The molecule has 0 N–H and O–H groups in total. The first-order valence-corrected chi connectivity index (χ1v) is 11.7. The molecule has 0 atom stereocenters. The second kappa shape index (κ2) is 8.19. The molecule has 0 saturated carbocycles. The van der Waals surface area contributed by atoms with E-state index in [4.69, 9.17) is 0 Å². The second-order valence-electron chi connectivity index (χ2n) is 6.91. The van der Waals surface area contributed by atoms with Crippen molar-refractivity contribution in [3.05, 3.63) is 127 Å². The molecule has 0 fully saturated rings. The van der Waals surface area contributed by atoms with Crippen molar-refractivity contribution in [3.8, 4) is 0 Å². The van der Waals surface area contributed by atoms with Gasteiger partial charge in [-0.25, -0.2) is 0 Å². The number of hydrogen-bond acceptors (Lipinski definition) is 0. The Bertz CT molecular complexity index is 851. The zero-order valence-electron chi connectivity index (χ0n) is 15.4. The van der Waals surface area contributed by atoms with E-state index in [1.807, 2.05) is 12.1 Å². The SMILES string of the molecule is [c]1ccc(CC[Si](c2ccccc2)(c2ccccc2)c2ccccc2)cc1. The van der Waals surface area contributed by atoms with Gasteiger partial charge in [-0.2, -0.15) is 0 Å². The summed E-state index contributed by atoms with van der Waals surface area (Å²) < 4.78 is 0. The number of benzene rings is 4. The standard InChI is InChI=1S/C26H23Si/c1-5-13-23(14-6-1)21-22-27(24-15-7-2-8-16-24,25-17-9-3-10-18-25)26-19-11-4-12-20-26/h2-20H,21-22H2. The highest BCUT2D eigenvalue weighted by Gasteiger charge is 2.38. The van der Waals surface area contributed by atoms with Gasteiger partial charge in [0.2, 0.25) is 0 Å². The summed E-state index contributed by atoms with van der Waals surface area (Å²) in [6.07, 6.45) is 1.07. The van der Waals surface area contributed by atoms with Crippen LogP contribution < -0.4 is 15.6 Å². The number of hydrogen-bond donors (Lipinski definition) is 0. The van der Waals surface area contributed by atoms with Crippen LogP contribution in [0.1, 0.15) is 5.56 Å². The normalized spacial score (nSPS) is 11.3. The molecule has 0 amide bonds. The summed E-state index contributed by atoms with van der Waals surface area (Å²) in [5, 5.41) is 4.43. The van der Waals surface area contributed by atoms with Crippen LogP contribution in [0.2, 0.25) is 6.04 Å². The third kappa shape index (κ3) is 3.65. The van der Waals surface area contributed by atoms with E-state index in [0.717, 1.165) is 12.5 Å². The maximum atomic E-state index is 3.14. The van der Waals surface area contributed by atoms with Crippen LogP contribution in [0.15, 0.2) is 115 Å². The monoisotopic (exact) mass is 363 g/mol. The molecule has 0 heterocycles. The predicted molar refractivity (Wildman–Crippen MR) is 118 cm³/mol. The van der Waals surface area contributed by atoms with E-state index in [2.05, 4.69) is 109 Å². The molecular weight excluding hydrogens is 340 g/mol.